The number of rotatable bonds is 4. The van der Waals surface area contributed by atoms with E-state index in [1.54, 1.807) is 25.1 Å². The van der Waals surface area contributed by atoms with Gasteiger partial charge in [0, 0.05) is 17.1 Å². The third kappa shape index (κ3) is 4.60. The van der Waals surface area contributed by atoms with Gasteiger partial charge in [0.25, 0.3) is 0 Å². The molecule has 0 aliphatic rings. The Balaban J connectivity index is 2.04. The van der Waals surface area contributed by atoms with Crippen molar-refractivity contribution in [2.75, 3.05) is 5.32 Å². The van der Waals surface area contributed by atoms with E-state index in [-0.39, 0.29) is 11.2 Å². The van der Waals surface area contributed by atoms with Gasteiger partial charge in [0.1, 0.15) is 0 Å². The number of carbonyl (C=O) groups excluding carboxylic acids is 1. The van der Waals surface area contributed by atoms with Crippen LogP contribution in [0, 0.1) is 13.8 Å². The molecule has 0 fully saturated rings. The predicted molar refractivity (Wildman–Crippen MR) is 91.9 cm³/mol. The molecule has 116 valence electrons. The summed E-state index contributed by atoms with van der Waals surface area (Å²) in [6.45, 7) is 5.61. The molecular formula is C15H15Cl2N3OS. The second kappa shape index (κ2) is 7.31. The van der Waals surface area contributed by atoms with Crippen molar-refractivity contribution in [3.8, 4) is 0 Å². The van der Waals surface area contributed by atoms with Gasteiger partial charge in [-0.2, -0.15) is 0 Å². The maximum Gasteiger partial charge on any atom is 0.237 e. The lowest BCUT2D eigenvalue weighted by atomic mass is 10.3. The molecular weight excluding hydrogens is 341 g/mol. The highest BCUT2D eigenvalue weighted by Gasteiger charge is 2.17. The molecule has 0 spiro atoms. The predicted octanol–water partition coefficient (Wildman–Crippen LogP) is 4.52. The molecule has 7 heteroatoms. The van der Waals surface area contributed by atoms with Gasteiger partial charge < -0.3 is 5.32 Å². The Kier molecular flexibility index (Phi) is 5.67. The third-order valence-corrected chi connectivity index (χ3v) is 4.50. The highest BCUT2D eigenvalue weighted by Crippen LogP contribution is 2.26. The molecule has 1 atom stereocenters. The fourth-order valence-electron chi connectivity index (χ4n) is 1.78. The third-order valence-electron chi connectivity index (χ3n) is 2.80. The van der Waals surface area contributed by atoms with Gasteiger partial charge in [0.15, 0.2) is 5.16 Å². The number of aryl methyl sites for hydroxylation is 2. The molecule has 4 nitrogen and oxygen atoms in total. The van der Waals surface area contributed by atoms with Crippen LogP contribution in [0.15, 0.2) is 29.4 Å². The first-order valence-electron chi connectivity index (χ1n) is 6.60. The average Bonchev–Trinajstić information content (AvgIpc) is 2.41. The topological polar surface area (TPSA) is 54.9 Å². The van der Waals surface area contributed by atoms with E-state index < -0.39 is 0 Å². The summed E-state index contributed by atoms with van der Waals surface area (Å²) in [5, 5.41) is 3.91. The number of carbonyl (C=O) groups is 1. The Hall–Kier alpha value is -1.30. The van der Waals surface area contributed by atoms with Gasteiger partial charge in [-0.15, -0.1) is 0 Å². The first-order valence-corrected chi connectivity index (χ1v) is 8.23. The van der Waals surface area contributed by atoms with Gasteiger partial charge >= 0.3 is 0 Å². The van der Waals surface area contributed by atoms with Crippen molar-refractivity contribution in [3.63, 3.8) is 0 Å². The number of halogens is 2. The summed E-state index contributed by atoms with van der Waals surface area (Å²) >= 11 is 13.1. The molecule has 1 heterocycles. The van der Waals surface area contributed by atoms with Crippen LogP contribution in [-0.4, -0.2) is 21.1 Å². The van der Waals surface area contributed by atoms with Gasteiger partial charge in [0.2, 0.25) is 5.91 Å². The molecule has 1 unspecified atom stereocenters. The minimum Gasteiger partial charge on any atom is -0.325 e. The van der Waals surface area contributed by atoms with E-state index in [0.29, 0.717) is 20.9 Å². The Morgan fingerprint density at radius 2 is 1.77 bits per heavy atom. The van der Waals surface area contributed by atoms with E-state index in [4.69, 9.17) is 23.2 Å². The molecule has 0 radical (unpaired) electrons. The number of aromatic nitrogens is 2. The van der Waals surface area contributed by atoms with Gasteiger partial charge in [-0.05, 0) is 45.0 Å². The lowest BCUT2D eigenvalue weighted by molar-refractivity contribution is -0.115. The molecule has 1 N–H and O–H groups in total. The fraction of sp³-hybridized carbons (Fsp3) is 0.267. The van der Waals surface area contributed by atoms with Crippen LogP contribution >= 0.6 is 35.0 Å². The van der Waals surface area contributed by atoms with Gasteiger partial charge in [-0.1, -0.05) is 35.0 Å². The Labute approximate surface area is 143 Å². The number of hydrogen-bond acceptors (Lipinski definition) is 4. The second-order valence-corrected chi connectivity index (χ2v) is 6.93. The average molecular weight is 356 g/mol. The van der Waals surface area contributed by atoms with Crippen LogP contribution in [0.5, 0.6) is 0 Å². The Morgan fingerprint density at radius 3 is 2.36 bits per heavy atom. The SMILES string of the molecule is Cc1cc(C)nc(SC(C)C(=O)Nc2ccc(Cl)c(Cl)c2)n1. The zero-order valence-corrected chi connectivity index (χ0v) is 14.7. The highest BCUT2D eigenvalue weighted by atomic mass is 35.5. The maximum absolute atomic E-state index is 12.2. The van der Waals surface area contributed by atoms with E-state index in [1.165, 1.54) is 11.8 Å². The van der Waals surface area contributed by atoms with Crippen molar-refractivity contribution in [3.05, 3.63) is 45.7 Å². The lowest BCUT2D eigenvalue weighted by Crippen LogP contribution is -2.22. The number of nitrogens with one attached hydrogen (secondary N) is 1. The minimum absolute atomic E-state index is 0.147. The first kappa shape index (κ1) is 17.1. The van der Waals surface area contributed by atoms with Crippen LogP contribution in [0.3, 0.4) is 0 Å². The molecule has 0 aliphatic heterocycles. The maximum atomic E-state index is 12.2. The summed E-state index contributed by atoms with van der Waals surface area (Å²) in [4.78, 5) is 20.9. The van der Waals surface area contributed by atoms with E-state index in [1.807, 2.05) is 19.9 Å². The summed E-state index contributed by atoms with van der Waals surface area (Å²) in [6.07, 6.45) is 0. The van der Waals surface area contributed by atoms with Crippen LogP contribution in [-0.2, 0) is 4.79 Å². The minimum atomic E-state index is -0.337. The number of nitrogens with zero attached hydrogens (tertiary/aromatic N) is 2. The summed E-state index contributed by atoms with van der Waals surface area (Å²) < 4.78 is 0. The lowest BCUT2D eigenvalue weighted by Gasteiger charge is -2.12. The van der Waals surface area contributed by atoms with Gasteiger partial charge in [-0.25, -0.2) is 9.97 Å². The number of thioether (sulfide) groups is 1. The quantitative estimate of drug-likeness (QED) is 0.646. The highest BCUT2D eigenvalue weighted by molar-refractivity contribution is 8.00. The molecule has 2 aromatic rings. The van der Waals surface area contributed by atoms with Crippen molar-refractivity contribution in [1.29, 1.82) is 0 Å². The molecule has 1 aromatic heterocycles. The summed E-state index contributed by atoms with van der Waals surface area (Å²) in [5.74, 6) is -0.147. The van der Waals surface area contributed by atoms with E-state index in [9.17, 15) is 4.79 Å². The molecule has 0 aliphatic carbocycles. The second-order valence-electron chi connectivity index (χ2n) is 4.81. The van der Waals surface area contributed by atoms with Crippen LogP contribution in [0.25, 0.3) is 0 Å². The van der Waals surface area contributed by atoms with E-state index >= 15 is 0 Å². The largest absolute Gasteiger partial charge is 0.325 e. The first-order chi connectivity index (χ1) is 10.3. The molecule has 22 heavy (non-hydrogen) atoms. The Bertz CT molecular complexity index is 689. The van der Waals surface area contributed by atoms with Crippen molar-refractivity contribution in [2.45, 2.75) is 31.2 Å². The molecule has 0 saturated carbocycles. The zero-order valence-electron chi connectivity index (χ0n) is 12.4. The number of hydrogen-bond donors (Lipinski definition) is 1. The standard InChI is InChI=1S/C15H15Cl2N3OS/c1-8-6-9(2)19-15(18-8)22-10(3)14(21)20-11-4-5-12(16)13(17)7-11/h4-7,10H,1-3H3,(H,20,21). The molecule has 0 bridgehead atoms. The molecule has 0 saturated heterocycles. The fourth-order valence-corrected chi connectivity index (χ4v) is 2.95. The molecule has 1 aromatic carbocycles. The van der Waals surface area contributed by atoms with Crippen LogP contribution in [0.4, 0.5) is 5.69 Å². The van der Waals surface area contributed by atoms with Crippen molar-refractivity contribution in [2.24, 2.45) is 0 Å². The Morgan fingerprint density at radius 1 is 1.14 bits per heavy atom. The van der Waals surface area contributed by atoms with Crippen molar-refractivity contribution >= 4 is 46.6 Å². The van der Waals surface area contributed by atoms with Gasteiger partial charge in [0.05, 0.1) is 15.3 Å². The van der Waals surface area contributed by atoms with E-state index in [2.05, 4.69) is 15.3 Å². The monoisotopic (exact) mass is 355 g/mol. The summed E-state index contributed by atoms with van der Waals surface area (Å²) in [7, 11) is 0. The normalized spacial score (nSPS) is 12.0. The van der Waals surface area contributed by atoms with Crippen molar-refractivity contribution in [1.82, 2.24) is 9.97 Å². The number of anilines is 1. The van der Waals surface area contributed by atoms with Gasteiger partial charge in [-0.3, -0.25) is 4.79 Å². The number of benzene rings is 1. The molecule has 2 rings (SSSR count). The summed E-state index contributed by atoms with van der Waals surface area (Å²) in [5.41, 5.74) is 2.37. The van der Waals surface area contributed by atoms with Crippen LogP contribution < -0.4 is 5.32 Å². The number of amides is 1. The molecule has 1 amide bonds. The van der Waals surface area contributed by atoms with Crippen LogP contribution in [0.1, 0.15) is 18.3 Å². The smallest absolute Gasteiger partial charge is 0.237 e. The van der Waals surface area contributed by atoms with Crippen molar-refractivity contribution < 1.29 is 4.79 Å². The van der Waals surface area contributed by atoms with Crippen LogP contribution in [0.2, 0.25) is 10.0 Å². The van der Waals surface area contributed by atoms with E-state index in [0.717, 1.165) is 11.4 Å². The summed E-state index contributed by atoms with van der Waals surface area (Å²) in [6, 6.07) is 6.86. The zero-order chi connectivity index (χ0) is 16.3.